The van der Waals surface area contributed by atoms with Gasteiger partial charge in [-0.15, -0.1) is 0 Å². The van der Waals surface area contributed by atoms with Crippen molar-refractivity contribution >= 4 is 5.91 Å². The first-order valence-electron chi connectivity index (χ1n) is 8.69. The summed E-state index contributed by atoms with van der Waals surface area (Å²) in [4.78, 5) is 12.8. The minimum absolute atomic E-state index is 0.0323. The van der Waals surface area contributed by atoms with Crippen molar-refractivity contribution in [2.75, 3.05) is 0 Å². The molecule has 5 heteroatoms. The number of benzene rings is 1. The Morgan fingerprint density at radius 1 is 1.28 bits per heavy atom. The second-order valence-electron chi connectivity index (χ2n) is 6.68. The quantitative estimate of drug-likeness (QED) is 0.799. The zero-order valence-corrected chi connectivity index (χ0v) is 14.6. The predicted molar refractivity (Wildman–Crippen MR) is 96.9 cm³/mol. The fourth-order valence-electron chi connectivity index (χ4n) is 3.62. The maximum Gasteiger partial charge on any atom is 0.251 e. The van der Waals surface area contributed by atoms with E-state index >= 15 is 0 Å². The lowest BCUT2D eigenvalue weighted by molar-refractivity contribution is 0.0932. The molecule has 25 heavy (non-hydrogen) atoms. The van der Waals surface area contributed by atoms with Gasteiger partial charge in [0.05, 0.1) is 12.2 Å². The maximum atomic E-state index is 12.8. The van der Waals surface area contributed by atoms with Crippen LogP contribution in [0, 0.1) is 6.92 Å². The Balaban J connectivity index is 1.59. The molecule has 4 rings (SSSR count). The molecule has 0 fully saturated rings. The number of nitrogens with zero attached hydrogens (tertiary/aromatic N) is 3. The summed E-state index contributed by atoms with van der Waals surface area (Å²) in [5.41, 5.74) is 5.24. The summed E-state index contributed by atoms with van der Waals surface area (Å²) in [6.07, 6.45) is 8.93. The van der Waals surface area contributed by atoms with Crippen molar-refractivity contribution in [3.05, 3.63) is 71.3 Å². The van der Waals surface area contributed by atoms with Crippen LogP contribution in [0.15, 0.2) is 48.9 Å². The molecule has 0 spiro atoms. The Bertz CT molecular complexity index is 908. The summed E-state index contributed by atoms with van der Waals surface area (Å²) in [5.74, 6) is -0.0323. The molecule has 0 bridgehead atoms. The number of aromatic nitrogens is 3. The topological polar surface area (TPSA) is 51.9 Å². The maximum absolute atomic E-state index is 12.8. The molecule has 1 amide bonds. The van der Waals surface area contributed by atoms with Crippen LogP contribution >= 0.6 is 0 Å². The van der Waals surface area contributed by atoms with Gasteiger partial charge in [0.1, 0.15) is 0 Å². The van der Waals surface area contributed by atoms with E-state index < -0.39 is 0 Å². The van der Waals surface area contributed by atoms with Gasteiger partial charge in [-0.05, 0) is 56.0 Å². The Labute approximate surface area is 147 Å². The Morgan fingerprint density at radius 3 is 2.88 bits per heavy atom. The molecule has 1 atom stereocenters. The van der Waals surface area contributed by atoms with E-state index in [4.69, 9.17) is 0 Å². The summed E-state index contributed by atoms with van der Waals surface area (Å²) >= 11 is 0. The summed E-state index contributed by atoms with van der Waals surface area (Å²) < 4.78 is 3.95. The van der Waals surface area contributed by atoms with Crippen LogP contribution in [-0.4, -0.2) is 20.3 Å². The van der Waals surface area contributed by atoms with Crippen molar-refractivity contribution < 1.29 is 4.79 Å². The molecule has 1 N–H and O–H groups in total. The SMILES string of the molecule is Cc1ccc(C(=O)N[C@@H]2CCCc3c2cnn3C)cc1-n1cccc1. The fourth-order valence-corrected chi connectivity index (χ4v) is 3.62. The first-order chi connectivity index (χ1) is 12.1. The summed E-state index contributed by atoms with van der Waals surface area (Å²) in [6.45, 7) is 2.06. The highest BCUT2D eigenvalue weighted by molar-refractivity contribution is 5.95. The van der Waals surface area contributed by atoms with E-state index in [1.807, 2.05) is 65.2 Å². The lowest BCUT2D eigenvalue weighted by Gasteiger charge is -2.24. The van der Waals surface area contributed by atoms with Crippen molar-refractivity contribution in [3.63, 3.8) is 0 Å². The third-order valence-electron chi connectivity index (χ3n) is 5.03. The molecule has 1 aliphatic rings. The molecule has 2 heterocycles. The van der Waals surface area contributed by atoms with Gasteiger partial charge in [-0.3, -0.25) is 9.48 Å². The van der Waals surface area contributed by atoms with Crippen molar-refractivity contribution in [2.24, 2.45) is 7.05 Å². The van der Waals surface area contributed by atoms with Crippen LogP contribution in [0.25, 0.3) is 5.69 Å². The first kappa shape index (κ1) is 15.7. The van der Waals surface area contributed by atoms with E-state index in [0.29, 0.717) is 5.56 Å². The van der Waals surface area contributed by atoms with Gasteiger partial charge < -0.3 is 9.88 Å². The molecule has 0 unspecified atom stereocenters. The van der Waals surface area contributed by atoms with Crippen LogP contribution < -0.4 is 5.32 Å². The van der Waals surface area contributed by atoms with Gasteiger partial charge in [0, 0.05) is 41.9 Å². The average molecular weight is 334 g/mol. The normalized spacial score (nSPS) is 16.5. The minimum Gasteiger partial charge on any atom is -0.345 e. The summed E-state index contributed by atoms with van der Waals surface area (Å²) in [7, 11) is 1.96. The lowest BCUT2D eigenvalue weighted by Crippen LogP contribution is -2.31. The molecule has 0 aliphatic heterocycles. The van der Waals surface area contributed by atoms with Crippen LogP contribution in [0.2, 0.25) is 0 Å². The molecule has 3 aromatic rings. The standard InChI is InChI=1S/C20H22N4O/c1-14-8-9-15(12-19(14)24-10-3-4-11-24)20(25)22-17-6-5-7-18-16(17)13-21-23(18)2/h3-4,8-13,17H,5-7H2,1-2H3,(H,22,25)/t17-/m1/s1. The highest BCUT2D eigenvalue weighted by Gasteiger charge is 2.25. The largest absolute Gasteiger partial charge is 0.345 e. The zero-order chi connectivity index (χ0) is 17.4. The van der Waals surface area contributed by atoms with Crippen LogP contribution in [0.4, 0.5) is 0 Å². The fraction of sp³-hybridized carbons (Fsp3) is 0.300. The van der Waals surface area contributed by atoms with Crippen LogP contribution in [0.5, 0.6) is 0 Å². The summed E-state index contributed by atoms with van der Waals surface area (Å²) in [5, 5.41) is 7.55. The number of rotatable bonds is 3. The number of nitrogens with one attached hydrogen (secondary N) is 1. The zero-order valence-electron chi connectivity index (χ0n) is 14.6. The van der Waals surface area contributed by atoms with Gasteiger partial charge >= 0.3 is 0 Å². The van der Waals surface area contributed by atoms with E-state index in [1.54, 1.807) is 0 Å². The van der Waals surface area contributed by atoms with Crippen LogP contribution in [0.1, 0.15) is 46.1 Å². The molecule has 1 aromatic carbocycles. The van der Waals surface area contributed by atoms with E-state index in [1.165, 1.54) is 5.69 Å². The smallest absolute Gasteiger partial charge is 0.251 e. The molecular formula is C20H22N4O. The lowest BCUT2D eigenvalue weighted by atomic mass is 9.92. The second-order valence-corrected chi connectivity index (χ2v) is 6.68. The number of fused-ring (bicyclic) bond motifs is 1. The molecule has 0 saturated carbocycles. The van der Waals surface area contributed by atoms with Gasteiger partial charge in [0.15, 0.2) is 0 Å². The van der Waals surface area contributed by atoms with Gasteiger partial charge in [-0.1, -0.05) is 6.07 Å². The molecule has 1 aliphatic carbocycles. The Hall–Kier alpha value is -2.82. The Morgan fingerprint density at radius 2 is 2.08 bits per heavy atom. The van der Waals surface area contributed by atoms with Crippen LogP contribution in [-0.2, 0) is 13.5 Å². The van der Waals surface area contributed by atoms with Gasteiger partial charge in [0.25, 0.3) is 5.91 Å². The first-order valence-corrected chi connectivity index (χ1v) is 8.69. The van der Waals surface area contributed by atoms with E-state index in [2.05, 4.69) is 17.3 Å². The molecule has 0 radical (unpaired) electrons. The van der Waals surface area contributed by atoms with Gasteiger partial charge in [-0.2, -0.15) is 5.10 Å². The molecule has 0 saturated heterocycles. The number of hydrogen-bond acceptors (Lipinski definition) is 2. The molecular weight excluding hydrogens is 312 g/mol. The van der Waals surface area contributed by atoms with E-state index in [-0.39, 0.29) is 11.9 Å². The molecule has 5 nitrogen and oxygen atoms in total. The highest BCUT2D eigenvalue weighted by atomic mass is 16.1. The average Bonchev–Trinajstić information content (AvgIpc) is 3.26. The highest BCUT2D eigenvalue weighted by Crippen LogP contribution is 2.29. The predicted octanol–water partition coefficient (Wildman–Crippen LogP) is 3.33. The third kappa shape index (κ3) is 2.86. The van der Waals surface area contributed by atoms with E-state index in [0.717, 1.165) is 36.1 Å². The number of carbonyl (C=O) groups excluding carboxylic acids is 1. The summed E-state index contributed by atoms with van der Waals surface area (Å²) in [6, 6.07) is 9.86. The monoisotopic (exact) mass is 334 g/mol. The number of aryl methyl sites for hydroxylation is 2. The van der Waals surface area contributed by atoms with E-state index in [9.17, 15) is 4.79 Å². The number of carbonyl (C=O) groups is 1. The van der Waals surface area contributed by atoms with Crippen molar-refractivity contribution in [2.45, 2.75) is 32.2 Å². The van der Waals surface area contributed by atoms with Crippen molar-refractivity contribution in [1.29, 1.82) is 0 Å². The molecule has 128 valence electrons. The Kier molecular flexibility index (Phi) is 3.92. The number of amides is 1. The number of hydrogen-bond donors (Lipinski definition) is 1. The second kappa shape index (κ2) is 6.24. The third-order valence-corrected chi connectivity index (χ3v) is 5.03. The van der Waals surface area contributed by atoms with Gasteiger partial charge in [0.2, 0.25) is 0 Å². The minimum atomic E-state index is -0.0323. The van der Waals surface area contributed by atoms with Crippen LogP contribution in [0.3, 0.4) is 0 Å². The van der Waals surface area contributed by atoms with Crippen molar-refractivity contribution in [3.8, 4) is 5.69 Å². The van der Waals surface area contributed by atoms with Crippen molar-refractivity contribution in [1.82, 2.24) is 19.7 Å². The van der Waals surface area contributed by atoms with Gasteiger partial charge in [-0.25, -0.2) is 0 Å². The molecule has 2 aromatic heterocycles.